The number of nitrogens with one attached hydrogen (secondary N) is 1. The number of amides is 1. The molecule has 1 aliphatic carbocycles. The molecule has 4 nitrogen and oxygen atoms in total. The van der Waals surface area contributed by atoms with Crippen LogP contribution in [0.2, 0.25) is 5.02 Å². The second-order valence-electron chi connectivity index (χ2n) is 6.28. The number of aliphatic hydroxyl groups excluding tert-OH is 1. The molecule has 24 heavy (non-hydrogen) atoms. The Hall–Kier alpha value is -2.04. The molecule has 0 aromatic heterocycles. The van der Waals surface area contributed by atoms with Gasteiger partial charge in [-0.15, -0.1) is 0 Å². The van der Waals surface area contributed by atoms with E-state index in [1.165, 1.54) is 0 Å². The number of aliphatic hydroxyl groups is 1. The molecule has 2 aromatic rings. The van der Waals surface area contributed by atoms with Gasteiger partial charge in [-0.25, -0.2) is 0 Å². The zero-order chi connectivity index (χ0) is 17.1. The monoisotopic (exact) mass is 344 g/mol. The Bertz CT molecular complexity index is 723. The molecule has 1 aliphatic rings. The SMILES string of the molecule is NC(=O)c1cc(-c2ccc(Cl)cc2)ccc1NC1CCC(O)CC1. The Kier molecular flexibility index (Phi) is 5.07. The van der Waals surface area contributed by atoms with Crippen molar-refractivity contribution < 1.29 is 9.90 Å². The highest BCUT2D eigenvalue weighted by Gasteiger charge is 2.20. The molecular formula is C19H21ClN2O2. The first-order valence-electron chi connectivity index (χ1n) is 8.17. The maximum Gasteiger partial charge on any atom is 0.250 e. The maximum atomic E-state index is 11.9. The molecule has 5 heteroatoms. The van der Waals surface area contributed by atoms with Gasteiger partial charge in [0.25, 0.3) is 5.91 Å². The van der Waals surface area contributed by atoms with Gasteiger partial charge in [-0.1, -0.05) is 29.8 Å². The summed E-state index contributed by atoms with van der Waals surface area (Å²) in [6.07, 6.45) is 3.14. The third-order valence-electron chi connectivity index (χ3n) is 4.52. The number of rotatable bonds is 4. The van der Waals surface area contributed by atoms with Gasteiger partial charge in [0.1, 0.15) is 0 Å². The van der Waals surface area contributed by atoms with E-state index < -0.39 is 5.91 Å². The summed E-state index contributed by atoms with van der Waals surface area (Å²) in [5, 5.41) is 13.7. The summed E-state index contributed by atoms with van der Waals surface area (Å²) in [5.74, 6) is -0.454. The number of hydrogen-bond donors (Lipinski definition) is 3. The Morgan fingerprint density at radius 2 is 1.67 bits per heavy atom. The number of primary amides is 1. The van der Waals surface area contributed by atoms with Crippen LogP contribution in [0.15, 0.2) is 42.5 Å². The van der Waals surface area contributed by atoms with E-state index in [1.54, 1.807) is 0 Å². The molecule has 0 atom stereocenters. The highest BCUT2D eigenvalue weighted by Crippen LogP contribution is 2.29. The van der Waals surface area contributed by atoms with Crippen LogP contribution in [-0.4, -0.2) is 23.2 Å². The van der Waals surface area contributed by atoms with Gasteiger partial charge in [0.05, 0.1) is 11.7 Å². The van der Waals surface area contributed by atoms with Crippen LogP contribution in [0.4, 0.5) is 5.69 Å². The van der Waals surface area contributed by atoms with Crippen molar-refractivity contribution in [3.8, 4) is 11.1 Å². The van der Waals surface area contributed by atoms with Crippen LogP contribution in [-0.2, 0) is 0 Å². The number of anilines is 1. The molecule has 0 bridgehead atoms. The highest BCUT2D eigenvalue weighted by molar-refractivity contribution is 6.30. The molecule has 0 heterocycles. The summed E-state index contributed by atoms with van der Waals surface area (Å²) in [6.45, 7) is 0. The lowest BCUT2D eigenvalue weighted by molar-refractivity contribution is 0.100. The lowest BCUT2D eigenvalue weighted by Crippen LogP contribution is -2.29. The van der Waals surface area contributed by atoms with Crippen LogP contribution in [0.5, 0.6) is 0 Å². The van der Waals surface area contributed by atoms with Gasteiger partial charge in [0.2, 0.25) is 0 Å². The molecule has 126 valence electrons. The molecule has 0 unspecified atom stereocenters. The molecule has 0 spiro atoms. The summed E-state index contributed by atoms with van der Waals surface area (Å²) >= 11 is 5.92. The summed E-state index contributed by atoms with van der Waals surface area (Å²) in [4.78, 5) is 11.9. The van der Waals surface area contributed by atoms with Gasteiger partial charge < -0.3 is 16.2 Å². The Morgan fingerprint density at radius 1 is 1.04 bits per heavy atom. The largest absolute Gasteiger partial charge is 0.393 e. The highest BCUT2D eigenvalue weighted by atomic mass is 35.5. The summed E-state index contributed by atoms with van der Waals surface area (Å²) in [7, 11) is 0. The molecule has 0 saturated heterocycles. The van der Waals surface area contributed by atoms with E-state index in [-0.39, 0.29) is 12.1 Å². The topological polar surface area (TPSA) is 75.4 Å². The number of hydrogen-bond acceptors (Lipinski definition) is 3. The number of nitrogens with two attached hydrogens (primary N) is 1. The smallest absolute Gasteiger partial charge is 0.250 e. The van der Waals surface area contributed by atoms with Gasteiger partial charge in [0, 0.05) is 16.8 Å². The van der Waals surface area contributed by atoms with Gasteiger partial charge in [0.15, 0.2) is 0 Å². The van der Waals surface area contributed by atoms with Crippen molar-refractivity contribution in [1.29, 1.82) is 0 Å². The lowest BCUT2D eigenvalue weighted by Gasteiger charge is -2.27. The molecule has 2 aromatic carbocycles. The van der Waals surface area contributed by atoms with E-state index in [0.29, 0.717) is 10.6 Å². The van der Waals surface area contributed by atoms with E-state index in [0.717, 1.165) is 42.5 Å². The number of halogens is 1. The second kappa shape index (κ2) is 7.24. The van der Waals surface area contributed by atoms with Crippen molar-refractivity contribution in [2.24, 2.45) is 5.73 Å². The van der Waals surface area contributed by atoms with Gasteiger partial charge in [-0.2, -0.15) is 0 Å². The fraction of sp³-hybridized carbons (Fsp3) is 0.316. The average molecular weight is 345 g/mol. The van der Waals surface area contributed by atoms with E-state index >= 15 is 0 Å². The predicted molar refractivity (Wildman–Crippen MR) is 97.3 cm³/mol. The zero-order valence-corrected chi connectivity index (χ0v) is 14.1. The van der Waals surface area contributed by atoms with E-state index in [9.17, 15) is 9.90 Å². The van der Waals surface area contributed by atoms with Crippen LogP contribution in [0.1, 0.15) is 36.0 Å². The third-order valence-corrected chi connectivity index (χ3v) is 4.77. The number of carbonyl (C=O) groups excluding carboxylic acids is 1. The average Bonchev–Trinajstić information content (AvgIpc) is 2.58. The number of carbonyl (C=O) groups is 1. The van der Waals surface area contributed by atoms with Crippen LogP contribution < -0.4 is 11.1 Å². The second-order valence-corrected chi connectivity index (χ2v) is 6.72. The first kappa shape index (κ1) is 16.8. The molecule has 0 radical (unpaired) electrons. The zero-order valence-electron chi connectivity index (χ0n) is 13.3. The lowest BCUT2D eigenvalue weighted by atomic mass is 9.92. The first-order valence-corrected chi connectivity index (χ1v) is 8.55. The van der Waals surface area contributed by atoms with Gasteiger partial charge in [-0.05, 0) is 61.1 Å². The van der Waals surface area contributed by atoms with E-state index in [1.807, 2.05) is 42.5 Å². The third kappa shape index (κ3) is 3.89. The van der Waals surface area contributed by atoms with Crippen molar-refractivity contribution in [2.75, 3.05) is 5.32 Å². The van der Waals surface area contributed by atoms with Crippen LogP contribution in [0.25, 0.3) is 11.1 Å². The fourth-order valence-electron chi connectivity index (χ4n) is 3.14. The van der Waals surface area contributed by atoms with E-state index in [4.69, 9.17) is 17.3 Å². The van der Waals surface area contributed by atoms with Crippen molar-refractivity contribution in [1.82, 2.24) is 0 Å². The minimum Gasteiger partial charge on any atom is -0.393 e. The van der Waals surface area contributed by atoms with Crippen molar-refractivity contribution in [3.05, 3.63) is 53.1 Å². The van der Waals surface area contributed by atoms with Crippen LogP contribution in [0, 0.1) is 0 Å². The Morgan fingerprint density at radius 3 is 2.29 bits per heavy atom. The van der Waals surface area contributed by atoms with Gasteiger partial charge in [-0.3, -0.25) is 4.79 Å². The molecule has 1 fully saturated rings. The molecule has 4 N–H and O–H groups in total. The minimum absolute atomic E-state index is 0.203. The summed E-state index contributed by atoms with van der Waals surface area (Å²) < 4.78 is 0. The number of benzene rings is 2. The summed E-state index contributed by atoms with van der Waals surface area (Å²) in [6, 6.07) is 13.4. The minimum atomic E-state index is -0.454. The standard InChI is InChI=1S/C19H21ClN2O2/c20-14-4-1-12(2-5-14)13-3-10-18(17(11-13)19(21)24)22-15-6-8-16(23)9-7-15/h1-5,10-11,15-16,22-23H,6-9H2,(H2,21,24). The first-order chi connectivity index (χ1) is 11.5. The normalized spacial score (nSPS) is 20.6. The predicted octanol–water partition coefficient (Wildman–Crippen LogP) is 3.82. The molecule has 0 aliphatic heterocycles. The van der Waals surface area contributed by atoms with Crippen molar-refractivity contribution in [3.63, 3.8) is 0 Å². The maximum absolute atomic E-state index is 11.9. The van der Waals surface area contributed by atoms with Crippen molar-refractivity contribution >= 4 is 23.2 Å². The quantitative estimate of drug-likeness (QED) is 0.789. The van der Waals surface area contributed by atoms with Crippen LogP contribution in [0.3, 0.4) is 0 Å². The molecule has 1 amide bonds. The van der Waals surface area contributed by atoms with Crippen molar-refractivity contribution in [2.45, 2.75) is 37.8 Å². The Balaban J connectivity index is 1.85. The summed E-state index contributed by atoms with van der Waals surface area (Å²) in [5.41, 5.74) is 8.71. The Labute approximate surface area is 146 Å². The molecule has 1 saturated carbocycles. The van der Waals surface area contributed by atoms with Crippen LogP contribution >= 0.6 is 11.6 Å². The molecule has 3 rings (SSSR count). The van der Waals surface area contributed by atoms with Gasteiger partial charge >= 0.3 is 0 Å². The van der Waals surface area contributed by atoms with E-state index in [2.05, 4.69) is 5.32 Å². The molecular weight excluding hydrogens is 324 g/mol. The fourth-order valence-corrected chi connectivity index (χ4v) is 3.26.